The second-order valence-electron chi connectivity index (χ2n) is 3.82. The van der Waals surface area contributed by atoms with Crippen molar-refractivity contribution >= 4 is 11.5 Å². The van der Waals surface area contributed by atoms with Crippen molar-refractivity contribution in [2.75, 3.05) is 11.9 Å². The summed E-state index contributed by atoms with van der Waals surface area (Å²) in [5.41, 5.74) is 1.65. The lowest BCUT2D eigenvalue weighted by molar-refractivity contribution is -0.116. The molecule has 0 aliphatic rings. The number of nitrogens with one attached hydrogen (secondary N) is 1. The molecular weight excluding hydrogens is 216 g/mol. The van der Waals surface area contributed by atoms with Crippen LogP contribution in [-0.2, 0) is 18.3 Å². The van der Waals surface area contributed by atoms with E-state index in [0.29, 0.717) is 18.7 Å². The molecule has 0 bridgehead atoms. The molecule has 2 aromatic rings. The average Bonchev–Trinajstić information content (AvgIpc) is 2.73. The zero-order valence-corrected chi connectivity index (χ0v) is 9.63. The first-order valence-electron chi connectivity index (χ1n) is 5.40. The van der Waals surface area contributed by atoms with Crippen LogP contribution in [0.2, 0.25) is 0 Å². The molecule has 1 aromatic carbocycles. The fourth-order valence-corrected chi connectivity index (χ4v) is 1.50. The molecule has 2 rings (SSSR count). The van der Waals surface area contributed by atoms with Crippen molar-refractivity contribution < 1.29 is 4.79 Å². The highest BCUT2D eigenvalue weighted by Crippen LogP contribution is 2.04. The van der Waals surface area contributed by atoms with Crippen LogP contribution < -0.4 is 5.32 Å². The first kappa shape index (κ1) is 11.3. The Morgan fingerprint density at radius 2 is 2.12 bits per heavy atom. The van der Waals surface area contributed by atoms with Crippen LogP contribution in [0.3, 0.4) is 0 Å². The van der Waals surface area contributed by atoms with Crippen LogP contribution >= 0.6 is 0 Å². The van der Waals surface area contributed by atoms with E-state index in [4.69, 9.17) is 0 Å². The fourth-order valence-electron chi connectivity index (χ4n) is 1.50. The van der Waals surface area contributed by atoms with E-state index in [1.807, 2.05) is 30.3 Å². The van der Waals surface area contributed by atoms with Crippen LogP contribution in [0.1, 0.15) is 5.69 Å². The Hall–Kier alpha value is -2.17. The number of Topliss-reactive ketones (excluding diaryl/α,β-unsaturated/α-hetero) is 1. The Morgan fingerprint density at radius 3 is 2.76 bits per heavy atom. The number of aryl methyl sites for hydroxylation is 1. The number of carbonyl (C=O) groups excluding carboxylic acids is 1. The number of rotatable bonds is 5. The van der Waals surface area contributed by atoms with Crippen molar-refractivity contribution in [3.63, 3.8) is 0 Å². The number of benzene rings is 1. The maximum Gasteiger partial charge on any atom is 0.157 e. The zero-order valence-electron chi connectivity index (χ0n) is 9.63. The van der Waals surface area contributed by atoms with Gasteiger partial charge < -0.3 is 5.32 Å². The molecule has 0 saturated carbocycles. The van der Waals surface area contributed by atoms with E-state index in [-0.39, 0.29) is 5.78 Å². The van der Waals surface area contributed by atoms with Crippen molar-refractivity contribution in [1.82, 2.24) is 15.0 Å². The van der Waals surface area contributed by atoms with E-state index in [1.165, 1.54) is 0 Å². The van der Waals surface area contributed by atoms with Gasteiger partial charge in [-0.3, -0.25) is 9.48 Å². The largest absolute Gasteiger partial charge is 0.378 e. The summed E-state index contributed by atoms with van der Waals surface area (Å²) in [4.78, 5) is 11.7. The van der Waals surface area contributed by atoms with Gasteiger partial charge >= 0.3 is 0 Å². The molecule has 88 valence electrons. The molecule has 0 radical (unpaired) electrons. The number of para-hydroxylation sites is 1. The minimum Gasteiger partial charge on any atom is -0.378 e. The van der Waals surface area contributed by atoms with E-state index in [9.17, 15) is 4.79 Å². The highest BCUT2D eigenvalue weighted by molar-refractivity contribution is 5.84. The fraction of sp³-hybridized carbons (Fsp3) is 0.250. The minimum atomic E-state index is 0.0920. The van der Waals surface area contributed by atoms with Crippen LogP contribution in [0.5, 0.6) is 0 Å². The molecule has 0 spiro atoms. The Kier molecular flexibility index (Phi) is 3.49. The summed E-state index contributed by atoms with van der Waals surface area (Å²) in [5.74, 6) is 0.0920. The van der Waals surface area contributed by atoms with E-state index in [0.717, 1.165) is 5.69 Å². The highest BCUT2D eigenvalue weighted by atomic mass is 16.1. The molecule has 5 nitrogen and oxygen atoms in total. The SMILES string of the molecule is Cn1cc(CC(=O)CNc2ccccc2)nn1. The number of hydrogen-bond donors (Lipinski definition) is 1. The van der Waals surface area contributed by atoms with E-state index >= 15 is 0 Å². The first-order chi connectivity index (χ1) is 8.24. The van der Waals surface area contributed by atoms with Gasteiger partial charge in [0.05, 0.1) is 18.7 Å². The minimum absolute atomic E-state index is 0.0920. The summed E-state index contributed by atoms with van der Waals surface area (Å²) in [6.45, 7) is 0.306. The molecule has 0 amide bonds. The lowest BCUT2D eigenvalue weighted by Crippen LogP contribution is -2.16. The third kappa shape index (κ3) is 3.41. The molecule has 0 atom stereocenters. The first-order valence-corrected chi connectivity index (χ1v) is 5.40. The Labute approximate surface area is 99.5 Å². The molecule has 0 unspecified atom stereocenters. The van der Waals surface area contributed by atoms with Gasteiger partial charge in [0.25, 0.3) is 0 Å². The van der Waals surface area contributed by atoms with Crippen LogP contribution in [-0.4, -0.2) is 27.3 Å². The lowest BCUT2D eigenvalue weighted by atomic mass is 10.2. The molecule has 1 N–H and O–H groups in total. The quantitative estimate of drug-likeness (QED) is 0.833. The Bertz CT molecular complexity index is 492. The maximum absolute atomic E-state index is 11.7. The van der Waals surface area contributed by atoms with Gasteiger partial charge in [0.2, 0.25) is 0 Å². The van der Waals surface area contributed by atoms with Crippen LogP contribution in [0.15, 0.2) is 36.5 Å². The Balaban J connectivity index is 1.82. The van der Waals surface area contributed by atoms with E-state index in [1.54, 1.807) is 17.9 Å². The molecule has 0 fully saturated rings. The van der Waals surface area contributed by atoms with Gasteiger partial charge in [0.15, 0.2) is 5.78 Å². The molecule has 1 heterocycles. The molecule has 0 aliphatic heterocycles. The summed E-state index contributed by atoms with van der Waals surface area (Å²) in [7, 11) is 1.78. The van der Waals surface area contributed by atoms with Gasteiger partial charge in [-0.25, -0.2) is 0 Å². The average molecular weight is 230 g/mol. The van der Waals surface area contributed by atoms with Gasteiger partial charge in [-0.1, -0.05) is 23.4 Å². The van der Waals surface area contributed by atoms with Gasteiger partial charge in [-0.2, -0.15) is 0 Å². The number of carbonyl (C=O) groups is 1. The van der Waals surface area contributed by atoms with Crippen molar-refractivity contribution in [1.29, 1.82) is 0 Å². The van der Waals surface area contributed by atoms with Gasteiger partial charge in [-0.15, -0.1) is 5.10 Å². The predicted octanol–water partition coefficient (Wildman–Crippen LogP) is 1.04. The molecule has 17 heavy (non-hydrogen) atoms. The predicted molar refractivity (Wildman–Crippen MR) is 64.6 cm³/mol. The number of anilines is 1. The van der Waals surface area contributed by atoms with Gasteiger partial charge in [0, 0.05) is 18.9 Å². The number of nitrogens with zero attached hydrogens (tertiary/aromatic N) is 3. The Morgan fingerprint density at radius 1 is 1.35 bits per heavy atom. The van der Waals surface area contributed by atoms with Crippen LogP contribution in [0.25, 0.3) is 0 Å². The number of hydrogen-bond acceptors (Lipinski definition) is 4. The third-order valence-electron chi connectivity index (χ3n) is 2.29. The van der Waals surface area contributed by atoms with Gasteiger partial charge in [0.1, 0.15) is 0 Å². The van der Waals surface area contributed by atoms with Crippen LogP contribution in [0, 0.1) is 0 Å². The van der Waals surface area contributed by atoms with Crippen LogP contribution in [0.4, 0.5) is 5.69 Å². The molecule has 0 saturated heterocycles. The summed E-state index contributed by atoms with van der Waals surface area (Å²) in [6, 6.07) is 9.64. The van der Waals surface area contributed by atoms with E-state index < -0.39 is 0 Å². The molecular formula is C12H14N4O. The summed E-state index contributed by atoms with van der Waals surface area (Å²) in [5, 5.41) is 10.7. The molecule has 1 aromatic heterocycles. The topological polar surface area (TPSA) is 59.8 Å². The standard InChI is InChI=1S/C12H14N4O/c1-16-9-11(14-15-16)7-12(17)8-13-10-5-3-2-4-6-10/h2-6,9,13H,7-8H2,1H3. The smallest absolute Gasteiger partial charge is 0.157 e. The van der Waals surface area contributed by atoms with Crippen molar-refractivity contribution in [3.8, 4) is 0 Å². The summed E-state index contributed by atoms with van der Waals surface area (Å²) < 4.78 is 1.59. The highest BCUT2D eigenvalue weighted by Gasteiger charge is 2.06. The third-order valence-corrected chi connectivity index (χ3v) is 2.29. The van der Waals surface area contributed by atoms with E-state index in [2.05, 4.69) is 15.6 Å². The monoisotopic (exact) mass is 230 g/mol. The zero-order chi connectivity index (χ0) is 12.1. The number of aromatic nitrogens is 3. The van der Waals surface area contributed by atoms with Crippen molar-refractivity contribution in [2.45, 2.75) is 6.42 Å². The van der Waals surface area contributed by atoms with Gasteiger partial charge in [-0.05, 0) is 12.1 Å². The van der Waals surface area contributed by atoms with Crippen molar-refractivity contribution in [3.05, 3.63) is 42.2 Å². The molecule has 0 aliphatic carbocycles. The number of ketones is 1. The lowest BCUT2D eigenvalue weighted by Gasteiger charge is -2.03. The second-order valence-corrected chi connectivity index (χ2v) is 3.82. The maximum atomic E-state index is 11.7. The second kappa shape index (κ2) is 5.25. The summed E-state index contributed by atoms with van der Waals surface area (Å²) >= 11 is 0. The molecule has 5 heteroatoms. The summed E-state index contributed by atoms with van der Waals surface area (Å²) in [6.07, 6.45) is 2.06. The van der Waals surface area contributed by atoms with Crippen molar-refractivity contribution in [2.24, 2.45) is 7.05 Å². The normalized spacial score (nSPS) is 10.2.